The number of rotatable bonds is 1. The van der Waals surface area contributed by atoms with Crippen molar-refractivity contribution in [2.24, 2.45) is 0 Å². The third-order valence-electron chi connectivity index (χ3n) is 2.39. The summed E-state index contributed by atoms with van der Waals surface area (Å²) >= 11 is -0.880. The summed E-state index contributed by atoms with van der Waals surface area (Å²) in [5, 5.41) is 1.37. The molecule has 0 bridgehead atoms. The van der Waals surface area contributed by atoms with Crippen LogP contribution in [0.1, 0.15) is 19.3 Å². The highest BCUT2D eigenvalue weighted by Gasteiger charge is 2.27. The Hall–Kier alpha value is -0.0275. The molecule has 2 heteroatoms. The SMILES string of the molecule is C1=CC[C]([Al]2[CH2]CCC[O]2)=C1. The van der Waals surface area contributed by atoms with Crippen LogP contribution in [0.4, 0.5) is 0 Å². The Morgan fingerprint density at radius 2 is 2.36 bits per heavy atom. The van der Waals surface area contributed by atoms with E-state index < -0.39 is 14.5 Å². The largest absolute Gasteiger partial charge is 0.498 e. The van der Waals surface area contributed by atoms with E-state index in [1.807, 2.05) is 0 Å². The van der Waals surface area contributed by atoms with Crippen LogP contribution in [-0.4, -0.2) is 21.1 Å². The van der Waals surface area contributed by atoms with Crippen LogP contribution in [0.25, 0.3) is 0 Å². The molecule has 1 aliphatic carbocycles. The van der Waals surface area contributed by atoms with Gasteiger partial charge in [-0.2, -0.15) is 0 Å². The number of allylic oxidation sites excluding steroid dienone is 4. The first-order valence-electron chi connectivity index (χ1n) is 4.44. The molecular formula is C9H13AlO. The first-order valence-corrected chi connectivity index (χ1v) is 6.30. The minimum Gasteiger partial charge on any atom is -0.497 e. The first-order chi connectivity index (χ1) is 5.47. The quantitative estimate of drug-likeness (QED) is 0.540. The molecule has 0 amide bonds. The van der Waals surface area contributed by atoms with Gasteiger partial charge in [0.1, 0.15) is 0 Å². The summed E-state index contributed by atoms with van der Waals surface area (Å²) in [6.45, 7) is 1.02. The van der Waals surface area contributed by atoms with E-state index in [-0.39, 0.29) is 0 Å². The number of hydrogen-bond acceptors (Lipinski definition) is 1. The molecule has 2 aliphatic rings. The highest BCUT2D eigenvalue weighted by molar-refractivity contribution is 6.60. The van der Waals surface area contributed by atoms with E-state index >= 15 is 0 Å². The van der Waals surface area contributed by atoms with E-state index in [0.29, 0.717) is 0 Å². The molecule has 0 saturated carbocycles. The van der Waals surface area contributed by atoms with Crippen LogP contribution in [0.2, 0.25) is 5.28 Å². The van der Waals surface area contributed by atoms with Crippen molar-refractivity contribution >= 4 is 14.5 Å². The molecule has 1 saturated heterocycles. The lowest BCUT2D eigenvalue weighted by molar-refractivity contribution is 0.291. The van der Waals surface area contributed by atoms with E-state index in [2.05, 4.69) is 18.2 Å². The van der Waals surface area contributed by atoms with Crippen molar-refractivity contribution in [1.29, 1.82) is 0 Å². The van der Waals surface area contributed by atoms with Crippen molar-refractivity contribution in [1.82, 2.24) is 0 Å². The topological polar surface area (TPSA) is 9.23 Å². The van der Waals surface area contributed by atoms with E-state index in [4.69, 9.17) is 3.79 Å². The molecule has 0 radical (unpaired) electrons. The maximum atomic E-state index is 5.79. The Balaban J connectivity index is 1.93. The van der Waals surface area contributed by atoms with E-state index in [9.17, 15) is 0 Å². The fourth-order valence-electron chi connectivity index (χ4n) is 1.74. The van der Waals surface area contributed by atoms with Crippen LogP contribution in [0.5, 0.6) is 0 Å². The van der Waals surface area contributed by atoms with Gasteiger partial charge in [-0.15, -0.1) is 0 Å². The summed E-state index contributed by atoms with van der Waals surface area (Å²) in [5.41, 5.74) is 0. The molecular weight excluding hydrogens is 151 g/mol. The van der Waals surface area contributed by atoms with Gasteiger partial charge >= 0.3 is 14.5 Å². The van der Waals surface area contributed by atoms with E-state index in [1.54, 1.807) is 4.44 Å². The monoisotopic (exact) mass is 164 g/mol. The fourth-order valence-corrected chi connectivity index (χ4v) is 4.32. The lowest BCUT2D eigenvalue weighted by atomic mass is 10.4. The van der Waals surface area contributed by atoms with Crippen LogP contribution < -0.4 is 0 Å². The van der Waals surface area contributed by atoms with Gasteiger partial charge in [0.2, 0.25) is 0 Å². The van der Waals surface area contributed by atoms with Gasteiger partial charge in [0.25, 0.3) is 0 Å². The standard InChI is InChI=1S/C5H5.C4H8O.Al/c1-2-4-5-3-1;1-2-3-4-5;/h1-3H,4H2;1-4H2;/q;-1;+1. The van der Waals surface area contributed by atoms with Crippen LogP contribution >= 0.6 is 0 Å². The molecule has 2 rings (SSSR count). The Kier molecular flexibility index (Phi) is 2.48. The molecule has 0 aromatic heterocycles. The minimum absolute atomic E-state index is 0.880. The van der Waals surface area contributed by atoms with Crippen molar-refractivity contribution in [3.8, 4) is 0 Å². The van der Waals surface area contributed by atoms with Crippen LogP contribution in [-0.2, 0) is 3.79 Å². The molecule has 1 heterocycles. The zero-order chi connectivity index (χ0) is 7.52. The molecule has 0 atom stereocenters. The van der Waals surface area contributed by atoms with Gasteiger partial charge in [-0.25, -0.2) is 0 Å². The second-order valence-corrected chi connectivity index (χ2v) is 5.86. The van der Waals surface area contributed by atoms with Crippen molar-refractivity contribution in [2.75, 3.05) is 6.61 Å². The Labute approximate surface area is 72.5 Å². The maximum Gasteiger partial charge on any atom is 0.498 e. The molecule has 0 unspecified atom stereocenters. The van der Waals surface area contributed by atoms with Gasteiger partial charge in [0, 0.05) is 6.61 Å². The van der Waals surface area contributed by atoms with Gasteiger partial charge in [-0.1, -0.05) is 34.4 Å². The molecule has 1 fully saturated rings. The van der Waals surface area contributed by atoms with Gasteiger partial charge in [-0.05, 0) is 12.8 Å². The summed E-state index contributed by atoms with van der Waals surface area (Å²) < 4.78 is 7.41. The van der Waals surface area contributed by atoms with Crippen molar-refractivity contribution in [3.63, 3.8) is 0 Å². The van der Waals surface area contributed by atoms with Crippen molar-refractivity contribution < 1.29 is 3.79 Å². The van der Waals surface area contributed by atoms with Crippen molar-refractivity contribution in [3.05, 3.63) is 22.7 Å². The van der Waals surface area contributed by atoms with Gasteiger partial charge in [0.15, 0.2) is 0 Å². The van der Waals surface area contributed by atoms with Crippen molar-refractivity contribution in [2.45, 2.75) is 24.5 Å². The second-order valence-electron chi connectivity index (χ2n) is 3.23. The molecule has 0 spiro atoms. The molecule has 1 nitrogen and oxygen atoms in total. The summed E-state index contributed by atoms with van der Waals surface area (Å²) in [6, 6.07) is 0. The number of hydrogen-bond donors (Lipinski definition) is 0. The average Bonchev–Trinajstić information content (AvgIpc) is 2.58. The minimum atomic E-state index is -0.880. The first kappa shape index (κ1) is 7.61. The summed E-state index contributed by atoms with van der Waals surface area (Å²) in [7, 11) is 0. The lowest BCUT2D eigenvalue weighted by Gasteiger charge is -2.18. The third-order valence-corrected chi connectivity index (χ3v) is 5.22. The molecule has 58 valence electrons. The molecule has 11 heavy (non-hydrogen) atoms. The predicted molar refractivity (Wildman–Crippen MR) is 47.6 cm³/mol. The predicted octanol–water partition coefficient (Wildman–Crippen LogP) is 2.21. The van der Waals surface area contributed by atoms with Gasteiger partial charge < -0.3 is 3.79 Å². The third kappa shape index (κ3) is 1.76. The summed E-state index contributed by atoms with van der Waals surface area (Å²) in [4.78, 5) is 0. The highest BCUT2D eigenvalue weighted by Crippen LogP contribution is 2.22. The summed E-state index contributed by atoms with van der Waals surface area (Å²) in [6.07, 6.45) is 10.5. The van der Waals surface area contributed by atoms with E-state index in [0.717, 1.165) is 6.61 Å². The molecule has 0 N–H and O–H groups in total. The highest BCUT2D eigenvalue weighted by atomic mass is 27.2. The van der Waals surface area contributed by atoms with Gasteiger partial charge in [0.05, 0.1) is 0 Å². The Bertz CT molecular complexity index is 190. The molecule has 1 aliphatic heterocycles. The molecule has 0 aromatic carbocycles. The van der Waals surface area contributed by atoms with Gasteiger partial charge in [-0.3, -0.25) is 0 Å². The second kappa shape index (κ2) is 3.58. The average molecular weight is 164 g/mol. The van der Waals surface area contributed by atoms with E-state index in [1.165, 1.54) is 24.5 Å². The van der Waals surface area contributed by atoms with Crippen LogP contribution in [0, 0.1) is 0 Å². The zero-order valence-electron chi connectivity index (χ0n) is 6.75. The Morgan fingerprint density at radius 1 is 1.36 bits per heavy atom. The van der Waals surface area contributed by atoms with Crippen LogP contribution in [0.3, 0.4) is 0 Å². The summed E-state index contributed by atoms with van der Waals surface area (Å²) in [5.74, 6) is 0. The zero-order valence-corrected chi connectivity index (χ0v) is 7.91. The molecule has 0 aromatic rings. The normalized spacial score (nSPS) is 24.0. The smallest absolute Gasteiger partial charge is 0.497 e. The maximum absolute atomic E-state index is 5.79. The van der Waals surface area contributed by atoms with Crippen LogP contribution in [0.15, 0.2) is 22.7 Å². The lowest BCUT2D eigenvalue weighted by Crippen LogP contribution is -2.25. The Morgan fingerprint density at radius 3 is 3.00 bits per heavy atom. The fraction of sp³-hybridized carbons (Fsp3) is 0.556.